The van der Waals surface area contributed by atoms with Gasteiger partial charge in [-0.25, -0.2) is 0 Å². The summed E-state index contributed by atoms with van der Waals surface area (Å²) in [5.74, 6) is -0.655. The van der Waals surface area contributed by atoms with Gasteiger partial charge in [0, 0.05) is 24.2 Å². The Kier molecular flexibility index (Phi) is 8.83. The van der Waals surface area contributed by atoms with E-state index in [1.807, 2.05) is 37.3 Å². The maximum absolute atomic E-state index is 13.4. The zero-order valence-corrected chi connectivity index (χ0v) is 21.5. The number of ether oxygens (including phenoxy) is 2. The zero-order chi connectivity index (χ0) is 27.2. The molecule has 2 aromatic rings. The second-order valence-electron chi connectivity index (χ2n) is 9.28. The normalized spacial score (nSPS) is 21.8. The average molecular weight is 523 g/mol. The lowest BCUT2D eigenvalue weighted by atomic mass is 9.77. The summed E-state index contributed by atoms with van der Waals surface area (Å²) >= 11 is 0. The molecule has 4 rings (SSSR count). The van der Waals surface area contributed by atoms with Gasteiger partial charge in [-0.15, -0.1) is 0 Å². The SMILES string of the molecule is CCC=CC(=O)N(Cc1ccccc1)C1C=C(C(=O)NCCO)C2c3cc(CO)cc(OC)c3OC2C1O. The lowest BCUT2D eigenvalue weighted by Gasteiger charge is -2.40. The molecule has 0 saturated carbocycles. The minimum atomic E-state index is -1.17. The van der Waals surface area contributed by atoms with Crippen molar-refractivity contribution in [2.45, 2.75) is 50.7 Å². The molecule has 0 spiro atoms. The van der Waals surface area contributed by atoms with Crippen LogP contribution in [0.3, 0.4) is 0 Å². The van der Waals surface area contributed by atoms with E-state index in [0.717, 1.165) is 5.56 Å². The van der Waals surface area contributed by atoms with Crippen LogP contribution in [0.15, 0.2) is 66.3 Å². The summed E-state index contributed by atoms with van der Waals surface area (Å²) in [6, 6.07) is 11.9. The lowest BCUT2D eigenvalue weighted by molar-refractivity contribution is -0.133. The van der Waals surface area contributed by atoms with Crippen LogP contribution in [0.25, 0.3) is 0 Å². The number of nitrogens with zero attached hydrogens (tertiary/aromatic N) is 1. The van der Waals surface area contributed by atoms with Crippen molar-refractivity contribution in [2.24, 2.45) is 0 Å². The molecule has 4 N–H and O–H groups in total. The van der Waals surface area contributed by atoms with Gasteiger partial charge in [0.1, 0.15) is 12.2 Å². The molecular weight excluding hydrogens is 488 g/mol. The highest BCUT2D eigenvalue weighted by atomic mass is 16.5. The fraction of sp³-hybridized carbons (Fsp3) is 0.379. The Hall–Kier alpha value is -3.66. The summed E-state index contributed by atoms with van der Waals surface area (Å²) in [6.45, 7) is 1.69. The average Bonchev–Trinajstić information content (AvgIpc) is 3.34. The largest absolute Gasteiger partial charge is 0.493 e. The molecule has 4 unspecified atom stereocenters. The van der Waals surface area contributed by atoms with Crippen molar-refractivity contribution < 1.29 is 34.4 Å². The molecular formula is C29H34N2O7. The Morgan fingerprint density at radius 2 is 1.92 bits per heavy atom. The van der Waals surface area contributed by atoms with Crippen molar-refractivity contribution in [2.75, 3.05) is 20.3 Å². The van der Waals surface area contributed by atoms with E-state index in [4.69, 9.17) is 9.47 Å². The topological polar surface area (TPSA) is 129 Å². The molecule has 1 heterocycles. The summed E-state index contributed by atoms with van der Waals surface area (Å²) in [4.78, 5) is 28.3. The minimum absolute atomic E-state index is 0.0421. The molecule has 1 aliphatic carbocycles. The van der Waals surface area contributed by atoms with Gasteiger partial charge in [0.05, 0.1) is 32.3 Å². The van der Waals surface area contributed by atoms with Crippen molar-refractivity contribution >= 4 is 11.8 Å². The van der Waals surface area contributed by atoms with Crippen LogP contribution in [-0.2, 0) is 22.7 Å². The van der Waals surface area contributed by atoms with Gasteiger partial charge in [-0.3, -0.25) is 9.59 Å². The Labute approximate surface area is 222 Å². The van der Waals surface area contributed by atoms with Crippen LogP contribution < -0.4 is 14.8 Å². The number of carbonyl (C=O) groups excluding carboxylic acids is 2. The second-order valence-corrected chi connectivity index (χ2v) is 9.28. The van der Waals surface area contributed by atoms with E-state index in [9.17, 15) is 24.9 Å². The van der Waals surface area contributed by atoms with E-state index in [0.29, 0.717) is 34.6 Å². The number of aliphatic hydroxyl groups is 3. The number of fused-ring (bicyclic) bond motifs is 3. The number of nitrogens with one attached hydrogen (secondary N) is 1. The summed E-state index contributed by atoms with van der Waals surface area (Å²) in [6.07, 6.45) is 3.45. The molecule has 2 aliphatic rings. The van der Waals surface area contributed by atoms with Gasteiger partial charge in [0.2, 0.25) is 11.8 Å². The highest BCUT2D eigenvalue weighted by Crippen LogP contribution is 2.51. The van der Waals surface area contributed by atoms with Crippen molar-refractivity contribution in [3.8, 4) is 11.5 Å². The Balaban J connectivity index is 1.82. The molecule has 38 heavy (non-hydrogen) atoms. The molecule has 2 aromatic carbocycles. The maximum atomic E-state index is 13.4. The number of amides is 2. The molecule has 2 amide bonds. The first kappa shape index (κ1) is 27.4. The number of benzene rings is 2. The smallest absolute Gasteiger partial charge is 0.247 e. The van der Waals surface area contributed by atoms with Crippen molar-refractivity contribution in [3.05, 3.63) is 83.0 Å². The number of aliphatic hydroxyl groups excluding tert-OH is 3. The van der Waals surface area contributed by atoms with Gasteiger partial charge < -0.3 is 35.0 Å². The molecule has 9 nitrogen and oxygen atoms in total. The van der Waals surface area contributed by atoms with Crippen LogP contribution in [-0.4, -0.2) is 70.5 Å². The quantitative estimate of drug-likeness (QED) is 0.350. The van der Waals surface area contributed by atoms with E-state index >= 15 is 0 Å². The van der Waals surface area contributed by atoms with Gasteiger partial charge >= 0.3 is 0 Å². The number of methoxy groups -OCH3 is 1. The maximum Gasteiger partial charge on any atom is 0.247 e. The Morgan fingerprint density at radius 1 is 1.16 bits per heavy atom. The molecule has 0 bridgehead atoms. The van der Waals surface area contributed by atoms with Gasteiger partial charge in [-0.1, -0.05) is 43.3 Å². The third-order valence-electron chi connectivity index (χ3n) is 6.83. The first-order valence-corrected chi connectivity index (χ1v) is 12.7. The Morgan fingerprint density at radius 3 is 2.58 bits per heavy atom. The molecule has 0 aromatic heterocycles. The van der Waals surface area contributed by atoms with Gasteiger partial charge in [-0.2, -0.15) is 0 Å². The monoisotopic (exact) mass is 522 g/mol. The lowest BCUT2D eigenvalue weighted by Crippen LogP contribution is -2.55. The standard InChI is InChI=1S/C29H34N2O7/c1-3-4-10-24(34)31(16-18-8-6-5-7-9-18)22-15-21(29(36)30-11-12-32)25-20-13-19(17-33)14-23(37-2)27(20)38-28(25)26(22)35/h4-10,13-15,22,25-26,28,32-33,35H,3,11-12,16-17H2,1-2H3,(H,30,36). The van der Waals surface area contributed by atoms with Crippen LogP contribution in [0.4, 0.5) is 0 Å². The highest BCUT2D eigenvalue weighted by molar-refractivity contribution is 5.96. The molecule has 0 fully saturated rings. The van der Waals surface area contributed by atoms with Crippen molar-refractivity contribution in [1.29, 1.82) is 0 Å². The summed E-state index contributed by atoms with van der Waals surface area (Å²) in [5.41, 5.74) is 2.35. The number of rotatable bonds is 10. The van der Waals surface area contributed by atoms with E-state index in [1.54, 1.807) is 24.3 Å². The van der Waals surface area contributed by atoms with Crippen LogP contribution in [0.1, 0.15) is 36.0 Å². The van der Waals surface area contributed by atoms with Crippen LogP contribution >= 0.6 is 0 Å². The molecule has 1 aliphatic heterocycles. The number of carbonyl (C=O) groups is 2. The second kappa shape index (κ2) is 12.3. The van der Waals surface area contributed by atoms with Crippen LogP contribution in [0.2, 0.25) is 0 Å². The molecule has 9 heteroatoms. The van der Waals surface area contributed by atoms with E-state index in [1.165, 1.54) is 18.1 Å². The minimum Gasteiger partial charge on any atom is -0.493 e. The molecule has 0 radical (unpaired) electrons. The third-order valence-corrected chi connectivity index (χ3v) is 6.83. The Bertz CT molecular complexity index is 1210. The van der Waals surface area contributed by atoms with E-state index in [-0.39, 0.29) is 32.2 Å². The predicted octanol–water partition coefficient (Wildman–Crippen LogP) is 1.81. The van der Waals surface area contributed by atoms with Gasteiger partial charge in [0.15, 0.2) is 11.5 Å². The van der Waals surface area contributed by atoms with E-state index < -0.39 is 30.1 Å². The zero-order valence-electron chi connectivity index (χ0n) is 21.5. The molecule has 202 valence electrons. The molecule has 0 saturated heterocycles. The number of hydrogen-bond donors (Lipinski definition) is 4. The highest BCUT2D eigenvalue weighted by Gasteiger charge is 2.51. The van der Waals surface area contributed by atoms with Gasteiger partial charge in [0.25, 0.3) is 0 Å². The number of allylic oxidation sites excluding steroid dienone is 1. The first-order chi connectivity index (χ1) is 18.4. The van der Waals surface area contributed by atoms with Crippen LogP contribution in [0.5, 0.6) is 11.5 Å². The van der Waals surface area contributed by atoms with Crippen LogP contribution in [0, 0.1) is 0 Å². The van der Waals surface area contributed by atoms with Gasteiger partial charge in [-0.05, 0) is 41.8 Å². The third kappa shape index (κ3) is 5.45. The summed E-state index contributed by atoms with van der Waals surface area (Å²) < 4.78 is 11.7. The summed E-state index contributed by atoms with van der Waals surface area (Å²) in [7, 11) is 1.48. The summed E-state index contributed by atoms with van der Waals surface area (Å²) in [5, 5.41) is 33.4. The number of hydrogen-bond acceptors (Lipinski definition) is 7. The molecule has 4 atom stereocenters. The predicted molar refractivity (Wildman–Crippen MR) is 140 cm³/mol. The fourth-order valence-corrected chi connectivity index (χ4v) is 5.04. The van der Waals surface area contributed by atoms with E-state index in [2.05, 4.69) is 5.32 Å². The van der Waals surface area contributed by atoms with Crippen molar-refractivity contribution in [1.82, 2.24) is 10.2 Å². The first-order valence-electron chi connectivity index (χ1n) is 12.7. The van der Waals surface area contributed by atoms with Crippen molar-refractivity contribution in [3.63, 3.8) is 0 Å². The fourth-order valence-electron chi connectivity index (χ4n) is 5.04.